The third-order valence-corrected chi connectivity index (χ3v) is 3.97. The van der Waals surface area contributed by atoms with E-state index in [-0.39, 0.29) is 5.02 Å². The Morgan fingerprint density at radius 3 is 2.42 bits per heavy atom. The Morgan fingerprint density at radius 1 is 1.33 bits per heavy atom. The third-order valence-electron chi connectivity index (χ3n) is 3.73. The summed E-state index contributed by atoms with van der Waals surface area (Å²) in [6, 6.07) is 3.10. The number of amides is 1. The fraction of sp³-hybridized carbons (Fsp3) is 0.385. The van der Waals surface area contributed by atoms with Gasteiger partial charge in [-0.1, -0.05) is 11.6 Å². The zero-order chi connectivity index (χ0) is 18.2. The molecule has 2 rings (SSSR count). The van der Waals surface area contributed by atoms with Gasteiger partial charge in [0, 0.05) is 24.2 Å². The lowest BCUT2D eigenvalue weighted by Crippen LogP contribution is -2.34. The molecule has 1 N–H and O–H groups in total. The summed E-state index contributed by atoms with van der Waals surface area (Å²) in [5, 5.41) is 19.9. The van der Waals surface area contributed by atoms with E-state index in [1.54, 1.807) is 0 Å². The molecular formula is C13H10ClF3N2O5. The highest BCUT2D eigenvalue weighted by Gasteiger charge is 2.53. The molecule has 1 saturated heterocycles. The first kappa shape index (κ1) is 18.0. The van der Waals surface area contributed by atoms with Crippen LogP contribution in [0, 0.1) is 22.0 Å². The van der Waals surface area contributed by atoms with Gasteiger partial charge in [-0.25, -0.2) is 0 Å². The highest BCUT2D eigenvalue weighted by Crippen LogP contribution is 2.38. The molecule has 1 aromatic carbocycles. The van der Waals surface area contributed by atoms with Crippen LogP contribution in [0.5, 0.6) is 0 Å². The average Bonchev–Trinajstić information content (AvgIpc) is 2.91. The monoisotopic (exact) mass is 366 g/mol. The number of carboxylic acid groups (broad SMARTS) is 1. The van der Waals surface area contributed by atoms with Crippen LogP contribution in [0.2, 0.25) is 5.02 Å². The van der Waals surface area contributed by atoms with E-state index in [0.29, 0.717) is 4.90 Å². The summed E-state index contributed by atoms with van der Waals surface area (Å²) >= 11 is 5.69. The minimum Gasteiger partial charge on any atom is -0.481 e. The molecule has 0 aliphatic carbocycles. The highest BCUT2D eigenvalue weighted by atomic mass is 35.5. The quantitative estimate of drug-likeness (QED) is 0.654. The van der Waals surface area contributed by atoms with Gasteiger partial charge >= 0.3 is 12.1 Å². The number of nitro groups is 1. The minimum atomic E-state index is -4.81. The molecule has 24 heavy (non-hydrogen) atoms. The van der Waals surface area contributed by atoms with Crippen LogP contribution in [-0.4, -0.2) is 46.1 Å². The molecule has 0 bridgehead atoms. The number of carbonyl (C=O) groups is 2. The largest absolute Gasteiger partial charge is 0.481 e. The summed E-state index contributed by atoms with van der Waals surface area (Å²) in [5.41, 5.74) is -1.11. The molecule has 7 nitrogen and oxygen atoms in total. The average molecular weight is 367 g/mol. The summed E-state index contributed by atoms with van der Waals surface area (Å²) in [4.78, 5) is 34.1. The van der Waals surface area contributed by atoms with Gasteiger partial charge in [0.05, 0.1) is 16.8 Å². The van der Waals surface area contributed by atoms with E-state index < -0.39 is 59.2 Å². The number of nitrogens with zero attached hydrogens (tertiary/aromatic N) is 2. The molecule has 1 fully saturated rings. The number of carbonyl (C=O) groups excluding carboxylic acids is 1. The SMILES string of the molecule is O=C(O)[C@@H]1CN(C(=O)c2cc(Cl)ccc2[N+](=O)[O-])C[C@H]1C(F)(F)F. The van der Waals surface area contributed by atoms with Crippen LogP contribution >= 0.6 is 11.6 Å². The normalized spacial score (nSPS) is 20.9. The zero-order valence-electron chi connectivity index (χ0n) is 11.8. The number of carboxylic acids is 1. The van der Waals surface area contributed by atoms with Crippen molar-refractivity contribution in [2.75, 3.05) is 13.1 Å². The van der Waals surface area contributed by atoms with E-state index in [2.05, 4.69) is 0 Å². The molecule has 130 valence electrons. The summed E-state index contributed by atoms with van der Waals surface area (Å²) in [5.74, 6) is -6.82. The third kappa shape index (κ3) is 3.42. The van der Waals surface area contributed by atoms with Crippen LogP contribution in [0.15, 0.2) is 18.2 Å². The molecule has 0 radical (unpaired) electrons. The van der Waals surface area contributed by atoms with Gasteiger partial charge in [-0.05, 0) is 12.1 Å². The molecule has 1 aromatic rings. The van der Waals surface area contributed by atoms with Crippen LogP contribution in [-0.2, 0) is 4.79 Å². The predicted octanol–water partition coefficient (Wildman–Crippen LogP) is 2.58. The number of hydrogen-bond acceptors (Lipinski definition) is 4. The van der Waals surface area contributed by atoms with Crippen molar-refractivity contribution in [2.45, 2.75) is 6.18 Å². The van der Waals surface area contributed by atoms with Crippen molar-refractivity contribution >= 4 is 29.2 Å². The fourth-order valence-corrected chi connectivity index (χ4v) is 2.73. The van der Waals surface area contributed by atoms with Gasteiger partial charge in [-0.2, -0.15) is 13.2 Å². The Balaban J connectivity index is 2.36. The van der Waals surface area contributed by atoms with E-state index in [1.807, 2.05) is 0 Å². The number of likely N-dealkylation sites (tertiary alicyclic amines) is 1. The smallest absolute Gasteiger partial charge is 0.394 e. The van der Waals surface area contributed by atoms with Gasteiger partial charge in [-0.3, -0.25) is 19.7 Å². The van der Waals surface area contributed by atoms with Crippen molar-refractivity contribution in [3.05, 3.63) is 38.9 Å². The maximum Gasteiger partial charge on any atom is 0.394 e. The van der Waals surface area contributed by atoms with Crippen LogP contribution in [0.1, 0.15) is 10.4 Å². The standard InChI is InChI=1S/C13H10ClF3N2O5/c14-6-1-2-10(19(23)24)7(3-6)11(20)18-4-8(12(21)22)9(5-18)13(15,16)17/h1-3,8-9H,4-5H2,(H,21,22)/t8-,9-/m1/s1. The lowest BCUT2D eigenvalue weighted by atomic mass is 9.96. The second-order valence-electron chi connectivity index (χ2n) is 5.22. The Hall–Kier alpha value is -2.36. The fourth-order valence-electron chi connectivity index (χ4n) is 2.56. The van der Waals surface area contributed by atoms with Crippen molar-refractivity contribution in [3.63, 3.8) is 0 Å². The molecule has 1 heterocycles. The van der Waals surface area contributed by atoms with Gasteiger partial charge in [0.25, 0.3) is 11.6 Å². The van der Waals surface area contributed by atoms with Gasteiger partial charge in [0.2, 0.25) is 0 Å². The Morgan fingerprint density at radius 2 is 1.96 bits per heavy atom. The molecule has 1 aliphatic rings. The summed E-state index contributed by atoms with van der Waals surface area (Å²) < 4.78 is 38.9. The lowest BCUT2D eigenvalue weighted by Gasteiger charge is -2.18. The van der Waals surface area contributed by atoms with E-state index in [4.69, 9.17) is 16.7 Å². The van der Waals surface area contributed by atoms with Crippen LogP contribution < -0.4 is 0 Å². The molecule has 1 amide bonds. The van der Waals surface area contributed by atoms with E-state index in [9.17, 15) is 32.9 Å². The maximum absolute atomic E-state index is 13.0. The van der Waals surface area contributed by atoms with Crippen molar-refractivity contribution in [2.24, 2.45) is 11.8 Å². The van der Waals surface area contributed by atoms with E-state index in [0.717, 1.165) is 12.1 Å². The molecule has 0 aromatic heterocycles. The van der Waals surface area contributed by atoms with Crippen molar-refractivity contribution in [1.82, 2.24) is 4.90 Å². The van der Waals surface area contributed by atoms with Gasteiger partial charge in [0.15, 0.2) is 0 Å². The number of halogens is 4. The number of hydrogen-bond donors (Lipinski definition) is 1. The van der Waals surface area contributed by atoms with Crippen LogP contribution in [0.4, 0.5) is 18.9 Å². The summed E-state index contributed by atoms with van der Waals surface area (Å²) in [6.45, 7) is -1.58. The first-order valence-electron chi connectivity index (χ1n) is 6.55. The summed E-state index contributed by atoms with van der Waals surface area (Å²) in [6.07, 6.45) is -4.81. The second kappa shape index (κ2) is 6.27. The van der Waals surface area contributed by atoms with Crippen molar-refractivity contribution in [3.8, 4) is 0 Å². The topological polar surface area (TPSA) is 101 Å². The van der Waals surface area contributed by atoms with Gasteiger partial charge in [-0.15, -0.1) is 0 Å². The van der Waals surface area contributed by atoms with Crippen molar-refractivity contribution < 1.29 is 32.8 Å². The highest BCUT2D eigenvalue weighted by molar-refractivity contribution is 6.31. The van der Waals surface area contributed by atoms with Crippen LogP contribution in [0.25, 0.3) is 0 Å². The Labute approximate surface area is 137 Å². The zero-order valence-corrected chi connectivity index (χ0v) is 12.5. The predicted molar refractivity (Wildman–Crippen MR) is 74.7 cm³/mol. The number of benzene rings is 1. The maximum atomic E-state index is 13.0. The molecule has 1 aliphatic heterocycles. The lowest BCUT2D eigenvalue weighted by molar-refractivity contribution is -0.385. The number of rotatable bonds is 3. The second-order valence-corrected chi connectivity index (χ2v) is 5.66. The minimum absolute atomic E-state index is 0.00898. The molecule has 0 unspecified atom stereocenters. The number of alkyl halides is 3. The van der Waals surface area contributed by atoms with Gasteiger partial charge in [0.1, 0.15) is 5.56 Å². The molecule has 0 spiro atoms. The first-order chi connectivity index (χ1) is 11.0. The van der Waals surface area contributed by atoms with E-state index >= 15 is 0 Å². The van der Waals surface area contributed by atoms with E-state index in [1.165, 1.54) is 6.07 Å². The summed E-state index contributed by atoms with van der Waals surface area (Å²) in [7, 11) is 0. The van der Waals surface area contributed by atoms with Gasteiger partial charge < -0.3 is 10.0 Å². The molecule has 11 heteroatoms. The number of nitro benzene ring substituents is 1. The Kier molecular flexibility index (Phi) is 4.70. The Bertz CT molecular complexity index is 709. The molecule has 0 saturated carbocycles. The number of aliphatic carboxylic acids is 1. The molecule has 2 atom stereocenters. The first-order valence-corrected chi connectivity index (χ1v) is 6.93. The van der Waals surface area contributed by atoms with Crippen LogP contribution in [0.3, 0.4) is 0 Å². The van der Waals surface area contributed by atoms with Crippen molar-refractivity contribution in [1.29, 1.82) is 0 Å². The molecular weight excluding hydrogens is 357 g/mol.